The average molecular weight is 507 g/mol. The van der Waals surface area contributed by atoms with E-state index in [0.717, 1.165) is 44.9 Å². The van der Waals surface area contributed by atoms with Gasteiger partial charge < -0.3 is 20.3 Å². The molecule has 0 fully saturated rings. The Balaban J connectivity index is 1.53. The summed E-state index contributed by atoms with van der Waals surface area (Å²) in [4.78, 5) is 20.2. The van der Waals surface area contributed by atoms with Crippen molar-refractivity contribution in [2.24, 2.45) is 0 Å². The number of nitrogens with one attached hydrogen (secondary N) is 2. The van der Waals surface area contributed by atoms with E-state index in [1.54, 1.807) is 7.11 Å². The van der Waals surface area contributed by atoms with Crippen LogP contribution in [0.3, 0.4) is 0 Å². The number of amides is 1. The fourth-order valence-electron chi connectivity index (χ4n) is 3.84. The van der Waals surface area contributed by atoms with Gasteiger partial charge in [0.2, 0.25) is 16.0 Å². The van der Waals surface area contributed by atoms with E-state index in [0.29, 0.717) is 6.54 Å². The lowest BCUT2D eigenvalue weighted by Crippen LogP contribution is -2.35. The molecule has 0 bridgehead atoms. The summed E-state index contributed by atoms with van der Waals surface area (Å²) in [5.74, 6) is 1.51. The summed E-state index contributed by atoms with van der Waals surface area (Å²) < 4.78 is 7.21. The molecule has 36 heavy (non-hydrogen) atoms. The molecule has 2 aromatic carbocycles. The average Bonchev–Trinajstić information content (AvgIpc) is 3.41. The highest BCUT2D eigenvalue weighted by Crippen LogP contribution is 2.34. The summed E-state index contributed by atoms with van der Waals surface area (Å²) in [7, 11) is 3.49. The Hall–Kier alpha value is -3.59. The zero-order valence-electron chi connectivity index (χ0n) is 21.8. The lowest BCUT2D eigenvalue weighted by molar-refractivity contribution is -0.119. The van der Waals surface area contributed by atoms with Gasteiger partial charge in [0.25, 0.3) is 0 Å². The Kier molecular flexibility index (Phi) is 7.49. The second kappa shape index (κ2) is 10.6. The first kappa shape index (κ1) is 25.5. The summed E-state index contributed by atoms with van der Waals surface area (Å²) in [5.41, 5.74) is 3.96. The first-order chi connectivity index (χ1) is 17.2. The van der Waals surface area contributed by atoms with E-state index in [-0.39, 0.29) is 18.0 Å². The number of anilines is 2. The maximum Gasteiger partial charge on any atom is 0.239 e. The van der Waals surface area contributed by atoms with Crippen LogP contribution in [-0.2, 0) is 17.8 Å². The third-order valence-electron chi connectivity index (χ3n) is 5.70. The molecule has 0 spiro atoms. The third kappa shape index (κ3) is 5.79. The highest BCUT2D eigenvalue weighted by molar-refractivity contribution is 7.20. The van der Waals surface area contributed by atoms with E-state index in [2.05, 4.69) is 62.6 Å². The number of carbonyl (C=O) groups excluding carboxylic acids is 1. The fraction of sp³-hybridized carbons (Fsp3) is 0.370. The molecule has 2 aromatic heterocycles. The highest BCUT2D eigenvalue weighted by Gasteiger charge is 2.23. The third-order valence-corrected chi connectivity index (χ3v) is 6.72. The number of imidazole rings is 1. The van der Waals surface area contributed by atoms with Crippen LogP contribution in [0.1, 0.15) is 38.8 Å². The monoisotopic (exact) mass is 506 g/mol. The van der Waals surface area contributed by atoms with Gasteiger partial charge in [0.15, 0.2) is 5.82 Å². The standard InChI is InChI=1S/C27H34N6O2S/c1-7-18-12-14-19(15-13-18)23-24(30-27(2,3)4)33-25(29-23)36-26(31-33)32(5)17-22(34)28-16-20-10-8-9-11-21(20)35-6/h8-15,30H,7,16-17H2,1-6H3,(H,28,34). The Labute approximate surface area is 216 Å². The molecule has 0 unspecified atom stereocenters. The van der Waals surface area contributed by atoms with Crippen molar-refractivity contribution in [1.29, 1.82) is 0 Å². The molecule has 190 valence electrons. The lowest BCUT2D eigenvalue weighted by atomic mass is 10.1. The second-order valence-electron chi connectivity index (χ2n) is 9.76. The molecule has 4 rings (SSSR count). The minimum Gasteiger partial charge on any atom is -0.496 e. The molecule has 9 heteroatoms. The van der Waals surface area contributed by atoms with Gasteiger partial charge in [-0.15, -0.1) is 5.10 Å². The number of hydrogen-bond donors (Lipinski definition) is 2. The van der Waals surface area contributed by atoms with Crippen molar-refractivity contribution in [2.45, 2.75) is 46.2 Å². The molecule has 2 N–H and O–H groups in total. The van der Waals surface area contributed by atoms with E-state index in [9.17, 15) is 4.79 Å². The summed E-state index contributed by atoms with van der Waals surface area (Å²) in [6, 6.07) is 16.2. The van der Waals surface area contributed by atoms with Crippen LogP contribution < -0.4 is 20.3 Å². The predicted octanol–water partition coefficient (Wildman–Crippen LogP) is 4.99. The number of nitrogens with zero attached hydrogens (tertiary/aromatic N) is 4. The molecule has 0 aliphatic rings. The van der Waals surface area contributed by atoms with E-state index in [4.69, 9.17) is 14.8 Å². The van der Waals surface area contributed by atoms with Crippen molar-refractivity contribution in [3.8, 4) is 17.0 Å². The Morgan fingerprint density at radius 3 is 2.53 bits per heavy atom. The van der Waals surface area contributed by atoms with Crippen LogP contribution in [-0.4, -0.2) is 46.7 Å². The number of fused-ring (bicyclic) bond motifs is 1. The van der Waals surface area contributed by atoms with Gasteiger partial charge in [-0.05, 0) is 38.8 Å². The van der Waals surface area contributed by atoms with E-state index in [1.165, 1.54) is 16.9 Å². The Bertz CT molecular complexity index is 1340. The molecule has 8 nitrogen and oxygen atoms in total. The van der Waals surface area contributed by atoms with Gasteiger partial charge in [-0.1, -0.05) is 60.7 Å². The van der Waals surface area contributed by atoms with E-state index >= 15 is 0 Å². The van der Waals surface area contributed by atoms with Crippen molar-refractivity contribution in [1.82, 2.24) is 19.9 Å². The molecule has 0 aliphatic heterocycles. The predicted molar refractivity (Wildman–Crippen MR) is 147 cm³/mol. The quantitative estimate of drug-likeness (QED) is 0.333. The molecule has 0 saturated heterocycles. The number of methoxy groups -OCH3 is 1. The Morgan fingerprint density at radius 1 is 1.14 bits per heavy atom. The molecule has 1 amide bonds. The van der Waals surface area contributed by atoms with Gasteiger partial charge in [-0.3, -0.25) is 4.79 Å². The lowest BCUT2D eigenvalue weighted by Gasteiger charge is -2.22. The minimum absolute atomic E-state index is 0.0963. The largest absolute Gasteiger partial charge is 0.496 e. The number of aromatic nitrogens is 3. The second-order valence-corrected chi connectivity index (χ2v) is 10.7. The SMILES string of the molecule is CCc1ccc(-c2nc3sc(N(C)CC(=O)NCc4ccccc4OC)nn3c2NC(C)(C)C)cc1. The van der Waals surface area contributed by atoms with Crippen LogP contribution in [0.2, 0.25) is 0 Å². The maximum atomic E-state index is 12.6. The van der Waals surface area contributed by atoms with Gasteiger partial charge in [0.1, 0.15) is 11.4 Å². The molecule has 0 saturated carbocycles. The molecular weight excluding hydrogens is 472 g/mol. The number of hydrogen-bond acceptors (Lipinski definition) is 7. The summed E-state index contributed by atoms with van der Waals surface area (Å²) >= 11 is 1.46. The number of para-hydroxylation sites is 1. The van der Waals surface area contributed by atoms with Gasteiger partial charge in [-0.25, -0.2) is 4.98 Å². The van der Waals surface area contributed by atoms with Gasteiger partial charge >= 0.3 is 0 Å². The van der Waals surface area contributed by atoms with Crippen LogP contribution in [0, 0.1) is 0 Å². The molecule has 2 heterocycles. The zero-order valence-corrected chi connectivity index (χ0v) is 22.6. The topological polar surface area (TPSA) is 83.8 Å². The summed E-state index contributed by atoms with van der Waals surface area (Å²) in [5, 5.41) is 12.1. The van der Waals surface area contributed by atoms with Crippen LogP contribution in [0.15, 0.2) is 48.5 Å². The Morgan fingerprint density at radius 2 is 1.86 bits per heavy atom. The first-order valence-electron chi connectivity index (χ1n) is 12.0. The van der Waals surface area contributed by atoms with E-state index < -0.39 is 0 Å². The summed E-state index contributed by atoms with van der Waals surface area (Å²) in [6.45, 7) is 9.07. The number of ether oxygens (including phenoxy) is 1. The molecule has 0 aliphatic carbocycles. The highest BCUT2D eigenvalue weighted by atomic mass is 32.1. The number of rotatable bonds is 9. The smallest absolute Gasteiger partial charge is 0.239 e. The van der Waals surface area contributed by atoms with Crippen LogP contribution >= 0.6 is 11.3 Å². The van der Waals surface area contributed by atoms with Crippen LogP contribution in [0.4, 0.5) is 10.9 Å². The normalized spacial score (nSPS) is 11.5. The minimum atomic E-state index is -0.178. The molecule has 0 radical (unpaired) electrons. The van der Waals surface area contributed by atoms with Gasteiger partial charge in [-0.2, -0.15) is 4.52 Å². The maximum absolute atomic E-state index is 12.6. The van der Waals surface area contributed by atoms with Crippen molar-refractivity contribution < 1.29 is 9.53 Å². The van der Waals surface area contributed by atoms with Crippen LogP contribution in [0.25, 0.3) is 16.2 Å². The molecule has 4 aromatic rings. The number of carbonyl (C=O) groups is 1. The number of aryl methyl sites for hydroxylation is 1. The zero-order chi connectivity index (χ0) is 25.9. The van der Waals surface area contributed by atoms with Crippen molar-refractivity contribution >= 4 is 33.2 Å². The number of benzene rings is 2. The summed E-state index contributed by atoms with van der Waals surface area (Å²) in [6.07, 6.45) is 0.995. The van der Waals surface area contributed by atoms with Gasteiger partial charge in [0, 0.05) is 30.3 Å². The fourth-order valence-corrected chi connectivity index (χ4v) is 4.70. The van der Waals surface area contributed by atoms with Crippen LogP contribution in [0.5, 0.6) is 5.75 Å². The van der Waals surface area contributed by atoms with Crippen molar-refractivity contribution in [2.75, 3.05) is 30.9 Å². The molecular formula is C27H34N6O2S. The van der Waals surface area contributed by atoms with Crippen molar-refractivity contribution in [3.63, 3.8) is 0 Å². The van der Waals surface area contributed by atoms with Gasteiger partial charge in [0.05, 0.1) is 13.7 Å². The molecule has 0 atom stereocenters. The number of likely N-dealkylation sites (N-methyl/N-ethyl adjacent to an activating group) is 1. The first-order valence-corrected chi connectivity index (χ1v) is 12.9. The van der Waals surface area contributed by atoms with Crippen molar-refractivity contribution in [3.05, 3.63) is 59.7 Å². The van der Waals surface area contributed by atoms with E-state index in [1.807, 2.05) is 40.7 Å².